The number of carbonyl (C=O) groups excluding carboxylic acids is 1. The summed E-state index contributed by atoms with van der Waals surface area (Å²) in [6, 6.07) is 7.81. The van der Waals surface area contributed by atoms with Crippen molar-refractivity contribution in [3.8, 4) is 0 Å². The molecule has 27 heavy (non-hydrogen) atoms. The molecule has 5 nitrogen and oxygen atoms in total. The summed E-state index contributed by atoms with van der Waals surface area (Å²) in [5, 5.41) is 9.38. The number of para-hydroxylation sites is 1. The largest absolute Gasteiger partial charge is 0.465 e. The summed E-state index contributed by atoms with van der Waals surface area (Å²) in [7, 11) is 1.39. The first-order valence-electron chi connectivity index (χ1n) is 8.19. The Morgan fingerprint density at radius 2 is 1.93 bits per heavy atom. The topological polar surface area (TPSA) is 65.0 Å². The van der Waals surface area contributed by atoms with E-state index < -0.39 is 0 Å². The van der Waals surface area contributed by atoms with Crippen molar-refractivity contribution >= 4 is 51.7 Å². The number of hydrogen-bond donors (Lipinski definition) is 0. The molecule has 3 rings (SSSR count). The van der Waals surface area contributed by atoms with Gasteiger partial charge in [-0.3, -0.25) is 4.98 Å². The summed E-state index contributed by atoms with van der Waals surface area (Å²) in [5.41, 5.74) is 4.09. The van der Waals surface area contributed by atoms with E-state index in [0.717, 1.165) is 36.5 Å². The summed E-state index contributed by atoms with van der Waals surface area (Å²) in [5.74, 6) is 0.990. The number of carbonyl (C=O) groups is 1. The fourth-order valence-corrected chi connectivity index (χ4v) is 5.35. The zero-order valence-electron chi connectivity index (χ0n) is 15.3. The van der Waals surface area contributed by atoms with Gasteiger partial charge in [-0.15, -0.1) is 10.2 Å². The van der Waals surface area contributed by atoms with Crippen molar-refractivity contribution < 1.29 is 9.53 Å². The van der Waals surface area contributed by atoms with E-state index >= 15 is 0 Å². The quantitative estimate of drug-likeness (QED) is 0.299. The minimum absolute atomic E-state index is 0.365. The molecule has 0 unspecified atom stereocenters. The average Bonchev–Trinajstić information content (AvgIpc) is 3.12. The van der Waals surface area contributed by atoms with Gasteiger partial charge in [-0.05, 0) is 25.5 Å². The molecule has 0 saturated carbocycles. The predicted octanol–water partition coefficient (Wildman–Crippen LogP) is 5.14. The lowest BCUT2D eigenvalue weighted by molar-refractivity contribution is 0.0598. The average molecular weight is 418 g/mol. The van der Waals surface area contributed by atoms with E-state index in [9.17, 15) is 4.79 Å². The van der Waals surface area contributed by atoms with Gasteiger partial charge in [0.15, 0.2) is 8.68 Å². The Balaban J connectivity index is 1.85. The minimum atomic E-state index is -0.365. The first-order valence-corrected chi connectivity index (χ1v) is 11.0. The van der Waals surface area contributed by atoms with Gasteiger partial charge in [0.05, 0.1) is 23.9 Å². The van der Waals surface area contributed by atoms with Crippen LogP contribution in [0, 0.1) is 6.92 Å². The van der Waals surface area contributed by atoms with Crippen molar-refractivity contribution in [1.82, 2.24) is 15.2 Å². The Hall–Kier alpha value is -1.90. The number of ether oxygens (including phenoxy) is 1. The minimum Gasteiger partial charge on any atom is -0.465 e. The van der Waals surface area contributed by atoms with Crippen molar-refractivity contribution in [2.45, 2.75) is 28.3 Å². The van der Waals surface area contributed by atoms with Crippen molar-refractivity contribution in [3.63, 3.8) is 0 Å². The number of hydrogen-bond acceptors (Lipinski definition) is 8. The van der Waals surface area contributed by atoms with Crippen LogP contribution in [0.1, 0.15) is 28.5 Å². The molecular weight excluding hydrogens is 398 g/mol. The van der Waals surface area contributed by atoms with Gasteiger partial charge in [0, 0.05) is 16.9 Å². The van der Waals surface area contributed by atoms with Gasteiger partial charge in [-0.25, -0.2) is 4.79 Å². The third kappa shape index (κ3) is 4.69. The van der Waals surface area contributed by atoms with Crippen LogP contribution in [0.5, 0.6) is 0 Å². The second-order valence-corrected chi connectivity index (χ2v) is 9.36. The summed E-state index contributed by atoms with van der Waals surface area (Å²) in [4.78, 5) is 17.1. The Bertz CT molecular complexity index is 1000. The number of rotatable bonds is 7. The van der Waals surface area contributed by atoms with Crippen molar-refractivity contribution in [3.05, 3.63) is 53.2 Å². The highest BCUT2D eigenvalue weighted by Gasteiger charge is 2.20. The molecule has 8 heteroatoms. The normalized spacial score (nSPS) is 10.9. The second kappa shape index (κ2) is 8.86. The van der Waals surface area contributed by atoms with Gasteiger partial charge >= 0.3 is 5.97 Å². The molecule has 0 saturated heterocycles. The number of pyridine rings is 1. The van der Waals surface area contributed by atoms with Crippen LogP contribution in [0.2, 0.25) is 0 Å². The lowest BCUT2D eigenvalue weighted by Crippen LogP contribution is -2.10. The summed E-state index contributed by atoms with van der Waals surface area (Å²) in [6.07, 6.45) is 0. The molecule has 0 amide bonds. The van der Waals surface area contributed by atoms with Gasteiger partial charge in [-0.2, -0.15) is 0 Å². The maximum absolute atomic E-state index is 12.4. The van der Waals surface area contributed by atoms with E-state index in [1.807, 2.05) is 38.1 Å². The molecule has 0 aliphatic rings. The lowest BCUT2D eigenvalue weighted by atomic mass is 10.0. The standard InChI is InChI=1S/C19H19N3O2S3/c1-11(2)9-25-18-21-22-19(27-18)26-10-15-16(17(23)24-4)12(3)13-7-5-6-8-14(13)20-15/h5-8H,1,9-10H2,2-4H3. The Morgan fingerprint density at radius 1 is 1.22 bits per heavy atom. The van der Waals surface area contributed by atoms with E-state index in [-0.39, 0.29) is 5.97 Å². The van der Waals surface area contributed by atoms with Crippen LogP contribution in [0.3, 0.4) is 0 Å². The van der Waals surface area contributed by atoms with E-state index in [0.29, 0.717) is 17.0 Å². The molecule has 0 atom stereocenters. The third-order valence-corrected chi connectivity index (χ3v) is 7.21. The monoisotopic (exact) mass is 417 g/mol. The van der Waals surface area contributed by atoms with E-state index in [4.69, 9.17) is 9.72 Å². The van der Waals surface area contributed by atoms with Crippen LogP contribution in [0.25, 0.3) is 10.9 Å². The summed E-state index contributed by atoms with van der Waals surface area (Å²) >= 11 is 4.70. The van der Waals surface area contributed by atoms with E-state index in [1.165, 1.54) is 18.9 Å². The zero-order chi connectivity index (χ0) is 19.4. The Kier molecular flexibility index (Phi) is 6.51. The molecule has 140 valence electrons. The highest BCUT2D eigenvalue weighted by molar-refractivity contribution is 8.03. The van der Waals surface area contributed by atoms with Crippen LogP contribution < -0.4 is 0 Å². The van der Waals surface area contributed by atoms with Crippen LogP contribution in [0.4, 0.5) is 0 Å². The molecule has 0 aliphatic carbocycles. The van der Waals surface area contributed by atoms with Gasteiger partial charge < -0.3 is 4.74 Å². The summed E-state index contributed by atoms with van der Waals surface area (Å²) in [6.45, 7) is 7.82. The molecule has 3 aromatic rings. The van der Waals surface area contributed by atoms with Gasteiger partial charge in [0.2, 0.25) is 0 Å². The molecule has 0 spiro atoms. The number of aromatic nitrogens is 3. The molecule has 2 heterocycles. The van der Waals surface area contributed by atoms with Gasteiger partial charge in [0.25, 0.3) is 0 Å². The highest BCUT2D eigenvalue weighted by atomic mass is 32.2. The van der Waals surface area contributed by atoms with Crippen molar-refractivity contribution in [2.24, 2.45) is 0 Å². The maximum Gasteiger partial charge on any atom is 0.340 e. The molecule has 0 fully saturated rings. The number of esters is 1. The van der Waals surface area contributed by atoms with E-state index in [2.05, 4.69) is 16.8 Å². The van der Waals surface area contributed by atoms with Crippen molar-refractivity contribution in [2.75, 3.05) is 12.9 Å². The van der Waals surface area contributed by atoms with Crippen molar-refractivity contribution in [1.29, 1.82) is 0 Å². The molecule has 1 aromatic carbocycles. The zero-order valence-corrected chi connectivity index (χ0v) is 17.8. The number of fused-ring (bicyclic) bond motifs is 1. The SMILES string of the molecule is C=C(C)CSc1nnc(SCc2nc3ccccc3c(C)c2C(=O)OC)s1. The van der Waals surface area contributed by atoms with Crippen LogP contribution in [0.15, 0.2) is 45.1 Å². The molecule has 0 radical (unpaired) electrons. The highest BCUT2D eigenvalue weighted by Crippen LogP contribution is 2.33. The Morgan fingerprint density at radius 3 is 2.63 bits per heavy atom. The fraction of sp³-hybridized carbons (Fsp3) is 0.263. The number of methoxy groups -OCH3 is 1. The number of benzene rings is 1. The molecule has 0 aliphatic heterocycles. The van der Waals surface area contributed by atoms with Crippen LogP contribution in [-0.2, 0) is 10.5 Å². The summed E-state index contributed by atoms with van der Waals surface area (Å²) < 4.78 is 6.75. The molecular formula is C19H19N3O2S3. The molecule has 0 N–H and O–H groups in total. The smallest absolute Gasteiger partial charge is 0.340 e. The molecule has 2 aromatic heterocycles. The predicted molar refractivity (Wildman–Crippen MR) is 113 cm³/mol. The number of aryl methyl sites for hydroxylation is 1. The molecule has 0 bridgehead atoms. The van der Waals surface area contributed by atoms with Gasteiger partial charge in [-0.1, -0.05) is 65.2 Å². The maximum atomic E-state index is 12.4. The lowest BCUT2D eigenvalue weighted by Gasteiger charge is -2.12. The first-order chi connectivity index (χ1) is 13.0. The second-order valence-electron chi connectivity index (χ2n) is 5.94. The van der Waals surface area contributed by atoms with E-state index in [1.54, 1.807) is 23.1 Å². The van der Waals surface area contributed by atoms with Crippen LogP contribution in [-0.4, -0.2) is 34.0 Å². The van der Waals surface area contributed by atoms with Gasteiger partial charge in [0.1, 0.15) is 0 Å². The fourth-order valence-electron chi connectivity index (χ4n) is 2.55. The number of thioether (sulfide) groups is 2. The Labute approximate surface area is 170 Å². The van der Waals surface area contributed by atoms with Crippen LogP contribution >= 0.6 is 34.9 Å². The third-order valence-electron chi connectivity index (χ3n) is 3.78. The first kappa shape index (κ1) is 19.9. The number of nitrogens with zero attached hydrogens (tertiary/aromatic N) is 3.